The van der Waals surface area contributed by atoms with Gasteiger partial charge in [-0.25, -0.2) is 9.97 Å². The minimum absolute atomic E-state index is 1.00. The molecule has 0 aliphatic carbocycles. The van der Waals surface area contributed by atoms with E-state index in [-0.39, 0.29) is 0 Å². The molecular formula is C10H13N3. The molecule has 0 radical (unpaired) electrons. The fourth-order valence-corrected chi connectivity index (χ4v) is 1.68. The molecular weight excluding hydrogens is 162 g/mol. The van der Waals surface area contributed by atoms with Crippen molar-refractivity contribution in [2.24, 2.45) is 0 Å². The van der Waals surface area contributed by atoms with Crippen molar-refractivity contribution in [1.29, 1.82) is 0 Å². The van der Waals surface area contributed by atoms with Crippen LogP contribution < -0.4 is 0 Å². The maximum atomic E-state index is 4.46. The van der Waals surface area contributed by atoms with E-state index in [1.165, 1.54) is 11.1 Å². The molecule has 0 amide bonds. The highest BCUT2D eigenvalue weighted by Gasteiger charge is 2.07. The van der Waals surface area contributed by atoms with E-state index < -0.39 is 0 Å². The lowest BCUT2D eigenvalue weighted by atomic mass is 10.2. The van der Waals surface area contributed by atoms with E-state index in [2.05, 4.69) is 21.3 Å². The first-order valence-electron chi connectivity index (χ1n) is 4.39. The minimum atomic E-state index is 1.00. The van der Waals surface area contributed by atoms with E-state index >= 15 is 0 Å². The molecule has 0 aliphatic rings. The summed E-state index contributed by atoms with van der Waals surface area (Å²) in [7, 11) is 0. The van der Waals surface area contributed by atoms with Crippen molar-refractivity contribution in [3.8, 4) is 0 Å². The number of hydrogen-bond acceptors (Lipinski definition) is 2. The highest BCUT2D eigenvalue weighted by molar-refractivity contribution is 5.55. The van der Waals surface area contributed by atoms with Gasteiger partial charge in [0.1, 0.15) is 11.6 Å². The maximum absolute atomic E-state index is 4.46. The average molecular weight is 175 g/mol. The van der Waals surface area contributed by atoms with Gasteiger partial charge >= 0.3 is 0 Å². The van der Waals surface area contributed by atoms with Crippen molar-refractivity contribution >= 4 is 5.52 Å². The van der Waals surface area contributed by atoms with E-state index in [0.717, 1.165) is 17.3 Å². The number of imidazole rings is 1. The second-order valence-electron chi connectivity index (χ2n) is 3.40. The predicted molar refractivity (Wildman–Crippen MR) is 51.9 cm³/mol. The van der Waals surface area contributed by atoms with E-state index in [4.69, 9.17) is 0 Å². The van der Waals surface area contributed by atoms with Gasteiger partial charge in [0.15, 0.2) is 0 Å². The van der Waals surface area contributed by atoms with Gasteiger partial charge < -0.3 is 0 Å². The van der Waals surface area contributed by atoms with Gasteiger partial charge in [-0.3, -0.25) is 4.40 Å². The lowest BCUT2D eigenvalue weighted by molar-refractivity contribution is 0.906. The van der Waals surface area contributed by atoms with Crippen LogP contribution in [0, 0.1) is 27.7 Å². The number of fused-ring (bicyclic) bond motifs is 1. The van der Waals surface area contributed by atoms with Crippen LogP contribution in [-0.4, -0.2) is 14.4 Å². The molecule has 0 saturated carbocycles. The Kier molecular flexibility index (Phi) is 1.62. The number of aryl methyl sites for hydroxylation is 4. The molecule has 0 N–H and O–H groups in total. The Morgan fingerprint density at radius 2 is 1.77 bits per heavy atom. The molecule has 0 fully saturated rings. The molecule has 3 nitrogen and oxygen atoms in total. The highest BCUT2D eigenvalue weighted by atomic mass is 15.1. The van der Waals surface area contributed by atoms with Crippen LogP contribution >= 0.6 is 0 Å². The van der Waals surface area contributed by atoms with Crippen LogP contribution in [0.15, 0.2) is 6.20 Å². The van der Waals surface area contributed by atoms with Crippen molar-refractivity contribution in [2.45, 2.75) is 27.7 Å². The average Bonchev–Trinajstić information content (AvgIpc) is 2.44. The molecule has 2 heterocycles. The Balaban J connectivity index is 2.99. The fourth-order valence-electron chi connectivity index (χ4n) is 1.68. The monoisotopic (exact) mass is 175 g/mol. The topological polar surface area (TPSA) is 30.2 Å². The first-order valence-corrected chi connectivity index (χ1v) is 4.39. The van der Waals surface area contributed by atoms with Gasteiger partial charge in [-0.15, -0.1) is 0 Å². The van der Waals surface area contributed by atoms with Crippen LogP contribution in [0.4, 0.5) is 0 Å². The minimum Gasteiger partial charge on any atom is -0.285 e. The standard InChI is InChI=1S/C10H13N3/c1-6-7(2)12-9(4)13-8(3)11-5-10(6)13/h5H,1-4H3. The van der Waals surface area contributed by atoms with Crippen molar-refractivity contribution in [2.75, 3.05) is 0 Å². The van der Waals surface area contributed by atoms with Crippen molar-refractivity contribution in [3.05, 3.63) is 29.1 Å². The van der Waals surface area contributed by atoms with E-state index in [9.17, 15) is 0 Å². The molecule has 2 aromatic heterocycles. The van der Waals surface area contributed by atoms with Crippen LogP contribution in [-0.2, 0) is 0 Å². The third kappa shape index (κ3) is 1.03. The zero-order valence-corrected chi connectivity index (χ0v) is 8.42. The second-order valence-corrected chi connectivity index (χ2v) is 3.40. The van der Waals surface area contributed by atoms with Gasteiger partial charge in [0.05, 0.1) is 11.7 Å². The van der Waals surface area contributed by atoms with Gasteiger partial charge in [0.25, 0.3) is 0 Å². The zero-order valence-electron chi connectivity index (χ0n) is 8.42. The van der Waals surface area contributed by atoms with Crippen LogP contribution in [0.3, 0.4) is 0 Å². The summed E-state index contributed by atoms with van der Waals surface area (Å²) in [6.45, 7) is 8.12. The largest absolute Gasteiger partial charge is 0.285 e. The van der Waals surface area contributed by atoms with Gasteiger partial charge in [0, 0.05) is 5.69 Å². The number of hydrogen-bond donors (Lipinski definition) is 0. The molecule has 0 aromatic carbocycles. The molecule has 68 valence electrons. The van der Waals surface area contributed by atoms with Gasteiger partial charge in [-0.05, 0) is 33.3 Å². The third-order valence-electron chi connectivity index (χ3n) is 2.52. The molecule has 0 saturated heterocycles. The molecule has 0 atom stereocenters. The summed E-state index contributed by atoms with van der Waals surface area (Å²) in [5, 5.41) is 0. The van der Waals surface area contributed by atoms with Gasteiger partial charge in [0.2, 0.25) is 0 Å². The second kappa shape index (κ2) is 2.55. The summed E-state index contributed by atoms with van der Waals surface area (Å²) in [5.74, 6) is 2.01. The van der Waals surface area contributed by atoms with Crippen molar-refractivity contribution in [1.82, 2.24) is 14.4 Å². The molecule has 2 rings (SSSR count). The van der Waals surface area contributed by atoms with Crippen LogP contribution in [0.2, 0.25) is 0 Å². The Labute approximate surface area is 77.4 Å². The van der Waals surface area contributed by atoms with E-state index in [0.29, 0.717) is 0 Å². The van der Waals surface area contributed by atoms with Crippen molar-refractivity contribution < 1.29 is 0 Å². The number of rotatable bonds is 0. The lowest BCUT2D eigenvalue weighted by Crippen LogP contribution is -2.01. The normalized spacial score (nSPS) is 11.1. The van der Waals surface area contributed by atoms with Crippen LogP contribution in [0.5, 0.6) is 0 Å². The molecule has 0 unspecified atom stereocenters. The SMILES string of the molecule is Cc1nc(C)n2c(C)ncc2c1C. The van der Waals surface area contributed by atoms with Crippen LogP contribution in [0.25, 0.3) is 5.52 Å². The van der Waals surface area contributed by atoms with Gasteiger partial charge in [-0.1, -0.05) is 0 Å². The zero-order chi connectivity index (χ0) is 9.59. The van der Waals surface area contributed by atoms with Crippen LogP contribution in [0.1, 0.15) is 22.9 Å². The first kappa shape index (κ1) is 8.23. The number of aromatic nitrogens is 3. The van der Waals surface area contributed by atoms with E-state index in [1.807, 2.05) is 27.0 Å². The quantitative estimate of drug-likeness (QED) is 0.612. The summed E-state index contributed by atoms with van der Waals surface area (Å²) in [6.07, 6.45) is 1.91. The summed E-state index contributed by atoms with van der Waals surface area (Å²) in [4.78, 5) is 8.74. The lowest BCUT2D eigenvalue weighted by Gasteiger charge is -2.06. The number of nitrogens with zero attached hydrogens (tertiary/aromatic N) is 3. The highest BCUT2D eigenvalue weighted by Crippen LogP contribution is 2.15. The Bertz CT molecular complexity index is 468. The summed E-state index contributed by atoms with van der Waals surface area (Å²) in [5.41, 5.74) is 3.47. The first-order chi connectivity index (χ1) is 6.11. The summed E-state index contributed by atoms with van der Waals surface area (Å²) in [6, 6.07) is 0. The molecule has 2 aromatic rings. The molecule has 0 spiro atoms. The smallest absolute Gasteiger partial charge is 0.111 e. The molecule has 0 bridgehead atoms. The third-order valence-corrected chi connectivity index (χ3v) is 2.52. The summed E-state index contributed by atoms with van der Waals surface area (Å²) < 4.78 is 2.09. The molecule has 13 heavy (non-hydrogen) atoms. The Morgan fingerprint density at radius 3 is 2.46 bits per heavy atom. The maximum Gasteiger partial charge on any atom is 0.111 e. The Hall–Kier alpha value is -1.38. The molecule has 0 aliphatic heterocycles. The Morgan fingerprint density at radius 1 is 1.08 bits per heavy atom. The van der Waals surface area contributed by atoms with E-state index in [1.54, 1.807) is 0 Å². The fraction of sp³-hybridized carbons (Fsp3) is 0.400. The summed E-state index contributed by atoms with van der Waals surface area (Å²) >= 11 is 0. The molecule has 3 heteroatoms. The predicted octanol–water partition coefficient (Wildman–Crippen LogP) is 1.96. The van der Waals surface area contributed by atoms with Crippen molar-refractivity contribution in [3.63, 3.8) is 0 Å². The van der Waals surface area contributed by atoms with Gasteiger partial charge in [-0.2, -0.15) is 0 Å².